The van der Waals surface area contributed by atoms with E-state index in [2.05, 4.69) is 31.2 Å². The Bertz CT molecular complexity index is 3260. The van der Waals surface area contributed by atoms with Crippen LogP contribution in [0.1, 0.15) is 231 Å². The summed E-state index contributed by atoms with van der Waals surface area (Å²) >= 11 is 92.1. The van der Waals surface area contributed by atoms with E-state index in [4.69, 9.17) is 263 Å². The number of esters is 1. The number of nitrogens with two attached hydrogens (primary N) is 3. The molecule has 28 nitrogen and oxygen atoms in total. The summed E-state index contributed by atoms with van der Waals surface area (Å²) in [6, 6.07) is -0.136. The molecule has 0 saturated heterocycles. The van der Waals surface area contributed by atoms with Crippen LogP contribution in [0.4, 0.5) is 14.4 Å². The van der Waals surface area contributed by atoms with Crippen LogP contribution in [0, 0.1) is 64.6 Å². The van der Waals surface area contributed by atoms with E-state index < -0.39 is 127 Å². The summed E-state index contributed by atoms with van der Waals surface area (Å²) in [5.41, 5.74) is 9.10. The van der Waals surface area contributed by atoms with Crippen molar-refractivity contribution >= 4 is 255 Å². The molecule has 0 radical (unpaired) electrons. The quantitative estimate of drug-likeness (QED) is 0.0143. The Labute approximate surface area is 857 Å². The number of alkyl carbamates (subject to hydrolysis) is 3. The summed E-state index contributed by atoms with van der Waals surface area (Å²) in [5, 5.41) is 89.1. The normalized spacial score (nSPS) is 24.5. The van der Waals surface area contributed by atoms with Gasteiger partial charge in [-0.2, -0.15) is 9.66 Å². The predicted molar refractivity (Wildman–Crippen MR) is 522 cm³/mol. The van der Waals surface area contributed by atoms with E-state index in [1.807, 2.05) is 62.3 Å². The van der Waals surface area contributed by atoms with Gasteiger partial charge in [0, 0.05) is 127 Å². The van der Waals surface area contributed by atoms with Gasteiger partial charge in [0.05, 0.1) is 84.0 Å². The third kappa shape index (κ3) is 69.9. The van der Waals surface area contributed by atoms with Gasteiger partial charge in [-0.3, -0.25) is 9.35 Å². The van der Waals surface area contributed by atoms with Gasteiger partial charge in [0.15, 0.2) is 0 Å². The predicted octanol–water partition coefficient (Wildman–Crippen LogP) is 16.3. The molecule has 17 N–H and O–H groups in total. The fourth-order valence-corrected chi connectivity index (χ4v) is 14.7. The zero-order chi connectivity index (χ0) is 101. The molecule has 0 heterocycles. The zero-order valence-electron chi connectivity index (χ0n) is 77.6. The Balaban J connectivity index is -0.000000321. The minimum atomic E-state index is -1.20. The van der Waals surface area contributed by atoms with E-state index in [9.17, 15) is 36.6 Å². The largest absolute Gasteiger partial charge is 0.467 e. The van der Waals surface area contributed by atoms with E-state index in [1.165, 1.54) is 7.11 Å². The number of ether oxygens (including phenoxy) is 4. The van der Waals surface area contributed by atoms with E-state index in [1.54, 1.807) is 124 Å². The number of nitrogens with one attached hydrogen (secondary N) is 3. The summed E-state index contributed by atoms with van der Waals surface area (Å²) in [6.45, 7) is 45.9. The maximum atomic E-state index is 11.9. The molecule has 754 valence electrons. The first-order valence-electron chi connectivity index (χ1n) is 40.1. The fraction of sp³-hybridized carbons (Fsp3) is 0.911. The number of rotatable bonds is 19. The molecule has 127 heavy (non-hydrogen) atoms. The number of nitrogens with zero attached hydrogens (tertiary/aromatic N) is 2. The van der Waals surface area contributed by atoms with Crippen molar-refractivity contribution in [3.05, 3.63) is 0 Å². The van der Waals surface area contributed by atoms with Crippen molar-refractivity contribution in [1.82, 2.24) is 16.0 Å². The average molecular weight is 2240 g/mol. The Morgan fingerprint density at radius 1 is 0.449 bits per heavy atom. The average Bonchev–Trinajstić information content (AvgIpc) is 1.62. The molecule has 8 fully saturated rings. The van der Waals surface area contributed by atoms with Gasteiger partial charge in [-0.15, -0.1) is 186 Å². The summed E-state index contributed by atoms with van der Waals surface area (Å²) < 4.78 is 50.5. The molecule has 48 heteroatoms. The number of hydrogen-bond donors (Lipinski definition) is 14. The molecule has 8 aliphatic carbocycles. The first-order chi connectivity index (χ1) is 56.0. The number of halogens is 16. The van der Waals surface area contributed by atoms with Gasteiger partial charge < -0.3 is 92.0 Å². The van der Waals surface area contributed by atoms with Crippen LogP contribution >= 0.6 is 186 Å². The van der Waals surface area contributed by atoms with Crippen molar-refractivity contribution < 1.29 is 118 Å². The summed E-state index contributed by atoms with van der Waals surface area (Å²) in [7, 11) is -2.17. The molecule has 0 aromatic heterocycles. The number of amides is 3. The van der Waals surface area contributed by atoms with Gasteiger partial charge in [0.25, 0.3) is 0 Å². The fourth-order valence-electron chi connectivity index (χ4n) is 8.33. The van der Waals surface area contributed by atoms with Crippen molar-refractivity contribution in [2.75, 3.05) is 39.3 Å². The minimum absolute atomic E-state index is 0. The third-order valence-electron chi connectivity index (χ3n) is 16.0. The number of hydrogen-bond acceptors (Lipinski definition) is 23. The number of aliphatic hydroxyl groups excluding tert-OH is 8. The van der Waals surface area contributed by atoms with Gasteiger partial charge in [0.1, 0.15) is 74.8 Å². The van der Waals surface area contributed by atoms with Gasteiger partial charge in [-0.05, 0) is 231 Å². The SMILES string of the molecule is CC(C)(C)OC(=O)NC(CO)C1CC1(Cl)Cl.CC(C)(C)OC(=O)NC(CO)C1CC1(Cl)Cl.CC(C)(C)[S@@](=O)CC(C#N)C1CC1(Cl)Cl.CC(C)(C)[S@@](=O)N=CC1CC1(Cl)Cl.CC(C)(C)[S@](N)=O.CC(C)O.CC(C)O.CC(C)O.CC(C)O.COC(=O)C(NC(=O)OC(C)(C)C)C1CC1(Cl)Cl.NC(CO)C1CC1(Cl)Cl.NC(CO)C1CC1(Cl)Cl.O=CC1CC1(Cl)Cl.[Ti]. The van der Waals surface area contributed by atoms with E-state index in [-0.39, 0.29) is 152 Å². The van der Waals surface area contributed by atoms with Crippen LogP contribution in [0.15, 0.2) is 4.40 Å². The molecule has 0 aliphatic heterocycles. The monoisotopic (exact) mass is 2230 g/mol. The molecule has 3 amide bonds. The molecule has 8 rings (SSSR count). The molecule has 17 atom stereocenters. The number of aldehydes is 1. The van der Waals surface area contributed by atoms with Crippen LogP contribution in [-0.2, 0) is 83.0 Å². The van der Waals surface area contributed by atoms with Crippen molar-refractivity contribution in [1.29, 1.82) is 5.26 Å². The second kappa shape index (κ2) is 59.9. The molecule has 0 aromatic carbocycles. The van der Waals surface area contributed by atoms with Crippen molar-refractivity contribution in [3.8, 4) is 6.07 Å². The van der Waals surface area contributed by atoms with Gasteiger partial charge in [-0.1, -0.05) is 0 Å². The zero-order valence-corrected chi connectivity index (χ0v) is 93.7. The summed E-state index contributed by atoms with van der Waals surface area (Å²) in [6.07, 6.45) is 4.84. The number of carbonyl (C=O) groups is 5. The maximum absolute atomic E-state index is 11.9. The molecule has 14 unspecified atom stereocenters. The molecular weight excluding hydrogens is 2090 g/mol. The standard InChI is InChI=1S/C11H17Cl2NO4.2C10H17Cl2NO3.C10H15Cl2NOS.C8H13Cl2NOS.2C5H9Cl2NO.C4H4Cl2O.C4H11NOS.4C3H8O.Ti/c1-10(2,3)18-9(16)14-7(8(15)17-4)6-5-11(6,12)13;2*1-9(2,3)16-8(15)13-7(5-14)6-4-10(6,11)12;1-9(2,3)15(14)6-7(5-13)8-4-10(8,11)12;1-7(2,3)13(12)11-5-6-4-8(6,9)10;2*6-5(7)1-3(5)4(8)2-9;5-4(6)1-3(4)2-7;1-4(2,3)7(5)6;4*1-3(2)4;/h6-7H,5H2,1-4H3,(H,14,16);2*6-7,14H,4-5H2,1-3H3,(H,13,15);7-8H,4,6H2,1-3H3;5-6H,4H2,1-3H3;2*3-4,9H,1-2,8H2;2-3H,1H2;5H2,1-3H3;4*3-4H,1-2H3;/t;;;7?,8?,15-;6?,13-;;;;7-;;;;;/m...01...1...../s1. The number of nitriles is 1. The topological polar surface area (TPSA) is 486 Å². The van der Waals surface area contributed by atoms with Crippen LogP contribution in [0.3, 0.4) is 0 Å². The van der Waals surface area contributed by atoms with Crippen LogP contribution in [0.2, 0.25) is 0 Å². The Morgan fingerprint density at radius 2 is 0.693 bits per heavy atom. The van der Waals surface area contributed by atoms with Crippen LogP contribution < -0.4 is 32.6 Å². The number of carbonyl (C=O) groups excluding carboxylic acids is 5. The summed E-state index contributed by atoms with van der Waals surface area (Å²) in [4.78, 5) is 55.9. The number of aliphatic hydroxyl groups is 8. The molecule has 0 spiro atoms. The first-order valence-corrected chi connectivity index (χ1v) is 49.8. The van der Waals surface area contributed by atoms with Crippen LogP contribution in [0.25, 0.3) is 0 Å². The second-order valence-electron chi connectivity index (χ2n) is 37.7. The van der Waals surface area contributed by atoms with Gasteiger partial charge in [0.2, 0.25) is 0 Å². The van der Waals surface area contributed by atoms with Gasteiger partial charge in [-0.25, -0.2) is 27.6 Å². The minimum Gasteiger partial charge on any atom is -0.467 e. The van der Waals surface area contributed by atoms with Crippen LogP contribution in [0.5, 0.6) is 0 Å². The smallest absolute Gasteiger partial charge is 0.408 e. The van der Waals surface area contributed by atoms with E-state index in [0.29, 0.717) is 57.1 Å². The number of methoxy groups -OCH3 is 1. The van der Waals surface area contributed by atoms with Gasteiger partial charge >= 0.3 is 24.2 Å². The molecular formula is C79H144Cl16N8O20S3Ti. The van der Waals surface area contributed by atoms with Crippen molar-refractivity contribution in [2.45, 2.75) is 352 Å². The first kappa shape index (κ1) is 139. The Hall–Kier alpha value is 1.47. The van der Waals surface area contributed by atoms with Crippen molar-refractivity contribution in [3.63, 3.8) is 0 Å². The number of alkyl halides is 16. The Morgan fingerprint density at radius 3 is 0.843 bits per heavy atom. The maximum Gasteiger partial charge on any atom is 0.408 e. The molecule has 0 aromatic rings. The molecule has 8 saturated carbocycles. The Kier molecular flexibility index (Phi) is 65.7. The van der Waals surface area contributed by atoms with E-state index >= 15 is 0 Å². The van der Waals surface area contributed by atoms with Crippen LogP contribution in [-0.4, -0.2) is 250 Å². The van der Waals surface area contributed by atoms with E-state index in [0.717, 1.165) is 6.29 Å². The van der Waals surface area contributed by atoms with Crippen molar-refractivity contribution in [2.24, 2.45) is 74.3 Å². The molecule has 0 bridgehead atoms. The second-order valence-corrected chi connectivity index (χ2v) is 56.0. The third-order valence-corrected chi connectivity index (χ3v) is 27.6. The summed E-state index contributed by atoms with van der Waals surface area (Å²) in [5.74, 6) is -0.977. The molecule has 8 aliphatic rings.